The number of nitrogens with zero attached hydrogens (tertiary/aromatic N) is 8. The molecule has 9 nitrogen and oxygen atoms in total. The standard InChI is InChI=1S/C17H19N9/c1-10-6-13-16(20-10)17(19-9-18-13)24(3)12-7-25(8-12)15-5-4-14-22-21-11(2)26(14)23-15/h4-6,9,12,20H,7-8H2,1-3H3. The summed E-state index contributed by atoms with van der Waals surface area (Å²) in [5.41, 5.74) is 3.80. The van der Waals surface area contributed by atoms with E-state index in [-0.39, 0.29) is 0 Å². The third-order valence-electron chi connectivity index (χ3n) is 5.00. The largest absolute Gasteiger partial charge is 0.354 e. The molecule has 0 spiro atoms. The van der Waals surface area contributed by atoms with Crippen molar-refractivity contribution in [3.63, 3.8) is 0 Å². The Kier molecular flexibility index (Phi) is 3.12. The summed E-state index contributed by atoms with van der Waals surface area (Å²) in [4.78, 5) is 16.7. The Bertz CT molecular complexity index is 1110. The molecule has 1 saturated heterocycles. The molecule has 4 aromatic rings. The summed E-state index contributed by atoms with van der Waals surface area (Å²) in [7, 11) is 2.08. The quantitative estimate of drug-likeness (QED) is 0.597. The Hall–Kier alpha value is -3.23. The predicted octanol–water partition coefficient (Wildman–Crippen LogP) is 1.34. The molecule has 1 N–H and O–H groups in total. The van der Waals surface area contributed by atoms with Gasteiger partial charge in [0.25, 0.3) is 0 Å². The molecule has 5 heterocycles. The van der Waals surface area contributed by atoms with Crippen molar-refractivity contribution < 1.29 is 0 Å². The zero-order chi connectivity index (χ0) is 17.8. The monoisotopic (exact) mass is 349 g/mol. The number of likely N-dealkylation sites (N-methyl/N-ethyl adjacent to an activating group) is 1. The van der Waals surface area contributed by atoms with Gasteiger partial charge in [-0.15, -0.1) is 15.3 Å². The third-order valence-corrected chi connectivity index (χ3v) is 5.00. The third kappa shape index (κ3) is 2.20. The first kappa shape index (κ1) is 15.1. The molecule has 132 valence electrons. The zero-order valence-corrected chi connectivity index (χ0v) is 14.9. The molecule has 0 saturated carbocycles. The fourth-order valence-corrected chi connectivity index (χ4v) is 3.44. The maximum atomic E-state index is 4.64. The molecule has 0 aliphatic carbocycles. The van der Waals surface area contributed by atoms with E-state index in [2.05, 4.69) is 47.1 Å². The van der Waals surface area contributed by atoms with Gasteiger partial charge in [0.2, 0.25) is 0 Å². The van der Waals surface area contributed by atoms with Crippen LogP contribution in [0.5, 0.6) is 0 Å². The van der Waals surface area contributed by atoms with Crippen molar-refractivity contribution in [1.82, 2.24) is 34.8 Å². The highest BCUT2D eigenvalue weighted by Gasteiger charge is 2.32. The lowest BCUT2D eigenvalue weighted by molar-refractivity contribution is 0.487. The highest BCUT2D eigenvalue weighted by Crippen LogP contribution is 2.28. The van der Waals surface area contributed by atoms with Gasteiger partial charge in [0.1, 0.15) is 17.7 Å². The van der Waals surface area contributed by atoms with Crippen LogP contribution in [0, 0.1) is 13.8 Å². The topological polar surface area (TPSA) is 91.1 Å². The summed E-state index contributed by atoms with van der Waals surface area (Å²) in [6.45, 7) is 5.72. The van der Waals surface area contributed by atoms with Gasteiger partial charge in [0, 0.05) is 25.8 Å². The van der Waals surface area contributed by atoms with Gasteiger partial charge >= 0.3 is 0 Å². The van der Waals surface area contributed by atoms with Crippen molar-refractivity contribution in [3.8, 4) is 0 Å². The molecule has 0 bridgehead atoms. The van der Waals surface area contributed by atoms with Crippen LogP contribution in [0.25, 0.3) is 16.7 Å². The molecule has 4 aromatic heterocycles. The highest BCUT2D eigenvalue weighted by molar-refractivity contribution is 5.86. The van der Waals surface area contributed by atoms with Crippen LogP contribution in [0.15, 0.2) is 24.5 Å². The van der Waals surface area contributed by atoms with Crippen LogP contribution in [0.3, 0.4) is 0 Å². The summed E-state index contributed by atoms with van der Waals surface area (Å²) < 4.78 is 1.78. The molecule has 0 amide bonds. The smallest absolute Gasteiger partial charge is 0.178 e. The summed E-state index contributed by atoms with van der Waals surface area (Å²) in [6, 6.07) is 6.37. The summed E-state index contributed by atoms with van der Waals surface area (Å²) >= 11 is 0. The number of anilines is 2. The van der Waals surface area contributed by atoms with Crippen LogP contribution in [0.2, 0.25) is 0 Å². The normalized spacial score (nSPS) is 15.0. The first-order valence-corrected chi connectivity index (χ1v) is 8.57. The predicted molar refractivity (Wildman–Crippen MR) is 98.5 cm³/mol. The fraction of sp³-hybridized carbons (Fsp3) is 0.353. The Morgan fingerprint density at radius 2 is 2.00 bits per heavy atom. The Labute approximate surface area is 149 Å². The van der Waals surface area contributed by atoms with E-state index in [1.54, 1.807) is 10.8 Å². The van der Waals surface area contributed by atoms with Crippen LogP contribution in [-0.2, 0) is 0 Å². The highest BCUT2D eigenvalue weighted by atomic mass is 15.4. The maximum Gasteiger partial charge on any atom is 0.178 e. The molecule has 0 radical (unpaired) electrons. The lowest BCUT2D eigenvalue weighted by Gasteiger charge is -2.44. The van der Waals surface area contributed by atoms with Gasteiger partial charge in [-0.05, 0) is 32.0 Å². The second-order valence-corrected chi connectivity index (χ2v) is 6.79. The summed E-state index contributed by atoms with van der Waals surface area (Å²) in [5.74, 6) is 2.67. The second-order valence-electron chi connectivity index (χ2n) is 6.79. The van der Waals surface area contributed by atoms with Crippen LogP contribution in [-0.4, -0.2) is 60.9 Å². The lowest BCUT2D eigenvalue weighted by Crippen LogP contribution is -2.59. The number of hydrogen-bond acceptors (Lipinski definition) is 7. The van der Waals surface area contributed by atoms with E-state index < -0.39 is 0 Å². The average molecular weight is 349 g/mol. The minimum absolute atomic E-state index is 0.371. The minimum atomic E-state index is 0.371. The molecule has 0 aromatic carbocycles. The number of rotatable bonds is 3. The zero-order valence-electron chi connectivity index (χ0n) is 14.9. The molecular weight excluding hydrogens is 330 g/mol. The molecule has 0 atom stereocenters. The molecule has 1 fully saturated rings. The molecule has 9 heteroatoms. The van der Waals surface area contributed by atoms with Gasteiger partial charge in [-0.1, -0.05) is 0 Å². The molecule has 26 heavy (non-hydrogen) atoms. The molecular formula is C17H19N9. The maximum absolute atomic E-state index is 4.64. The van der Waals surface area contributed by atoms with E-state index in [9.17, 15) is 0 Å². The van der Waals surface area contributed by atoms with E-state index in [0.29, 0.717) is 6.04 Å². The molecule has 0 unspecified atom stereocenters. The lowest BCUT2D eigenvalue weighted by atomic mass is 10.1. The average Bonchev–Trinajstić information content (AvgIpc) is 3.15. The Morgan fingerprint density at radius 3 is 2.85 bits per heavy atom. The van der Waals surface area contributed by atoms with Crippen molar-refractivity contribution in [2.24, 2.45) is 0 Å². The SMILES string of the molecule is Cc1cc2ncnc(N(C)C3CN(c4ccc5nnc(C)n5n4)C3)c2[nH]1. The number of hydrogen-bond donors (Lipinski definition) is 1. The summed E-state index contributed by atoms with van der Waals surface area (Å²) in [5, 5.41) is 12.8. The fourth-order valence-electron chi connectivity index (χ4n) is 3.44. The molecule has 1 aliphatic heterocycles. The minimum Gasteiger partial charge on any atom is -0.354 e. The van der Waals surface area contributed by atoms with Gasteiger partial charge in [-0.25, -0.2) is 9.97 Å². The van der Waals surface area contributed by atoms with Crippen LogP contribution >= 0.6 is 0 Å². The van der Waals surface area contributed by atoms with Crippen LogP contribution in [0.1, 0.15) is 11.5 Å². The van der Waals surface area contributed by atoms with Crippen molar-refractivity contribution in [2.75, 3.05) is 29.9 Å². The van der Waals surface area contributed by atoms with E-state index in [1.807, 2.05) is 32.0 Å². The summed E-state index contributed by atoms with van der Waals surface area (Å²) in [6.07, 6.45) is 1.63. The van der Waals surface area contributed by atoms with Crippen molar-refractivity contribution in [1.29, 1.82) is 0 Å². The molecule has 5 rings (SSSR count). The number of H-pyrrole nitrogens is 1. The van der Waals surface area contributed by atoms with Gasteiger partial charge in [0.05, 0.1) is 11.6 Å². The van der Waals surface area contributed by atoms with Crippen LogP contribution < -0.4 is 9.80 Å². The Morgan fingerprint density at radius 1 is 1.15 bits per heavy atom. The second kappa shape index (κ2) is 5.38. The van der Waals surface area contributed by atoms with E-state index in [1.165, 1.54) is 0 Å². The number of aryl methyl sites for hydroxylation is 2. The number of aromatic nitrogens is 7. The van der Waals surface area contributed by atoms with E-state index >= 15 is 0 Å². The first-order chi connectivity index (χ1) is 12.6. The number of nitrogens with one attached hydrogen (secondary N) is 1. The number of fused-ring (bicyclic) bond motifs is 2. The van der Waals surface area contributed by atoms with E-state index in [0.717, 1.165) is 52.9 Å². The number of aromatic amines is 1. The van der Waals surface area contributed by atoms with Gasteiger partial charge in [-0.2, -0.15) is 4.52 Å². The van der Waals surface area contributed by atoms with Crippen molar-refractivity contribution in [2.45, 2.75) is 19.9 Å². The van der Waals surface area contributed by atoms with Gasteiger partial charge in [0.15, 0.2) is 17.3 Å². The first-order valence-electron chi connectivity index (χ1n) is 8.57. The van der Waals surface area contributed by atoms with Crippen molar-refractivity contribution >= 4 is 28.3 Å². The van der Waals surface area contributed by atoms with E-state index in [4.69, 9.17) is 0 Å². The van der Waals surface area contributed by atoms with Gasteiger partial charge < -0.3 is 14.8 Å². The molecule has 1 aliphatic rings. The Balaban J connectivity index is 1.37. The van der Waals surface area contributed by atoms with Crippen LogP contribution in [0.4, 0.5) is 11.6 Å². The van der Waals surface area contributed by atoms with Crippen molar-refractivity contribution in [3.05, 3.63) is 36.0 Å². The van der Waals surface area contributed by atoms with Gasteiger partial charge in [-0.3, -0.25) is 0 Å².